The molecule has 4 nitrogen and oxygen atoms in total. The Hall–Kier alpha value is 0.114. The number of hydrogen-bond acceptors (Lipinski definition) is 4. The first-order chi connectivity index (χ1) is 8.07. The van der Waals surface area contributed by atoms with Crippen molar-refractivity contribution in [3.8, 4) is 0 Å². The standard InChI is InChI=1S/C11H26O4Si2/c1-7-12-11(13-8-2,14-9-3)17(15-10-4)16(5)6/h7-10H2,1-6H3. The smallest absolute Gasteiger partial charge is 0.313 e. The van der Waals surface area contributed by atoms with Gasteiger partial charge in [-0.25, -0.2) is 0 Å². The highest BCUT2D eigenvalue weighted by Gasteiger charge is 2.41. The Morgan fingerprint density at radius 2 is 1.18 bits per heavy atom. The predicted octanol–water partition coefficient (Wildman–Crippen LogP) is 2.15. The van der Waals surface area contributed by atoms with Gasteiger partial charge in [-0.2, -0.15) is 0 Å². The van der Waals surface area contributed by atoms with E-state index in [1.165, 1.54) is 0 Å². The van der Waals surface area contributed by atoms with Gasteiger partial charge < -0.3 is 18.6 Å². The van der Waals surface area contributed by atoms with Crippen molar-refractivity contribution in [3.05, 3.63) is 0 Å². The molecule has 0 N–H and O–H groups in total. The molecule has 0 spiro atoms. The van der Waals surface area contributed by atoms with Crippen molar-refractivity contribution in [1.29, 1.82) is 0 Å². The van der Waals surface area contributed by atoms with E-state index >= 15 is 0 Å². The predicted molar refractivity (Wildman–Crippen MR) is 72.5 cm³/mol. The minimum atomic E-state index is -1.26. The summed E-state index contributed by atoms with van der Waals surface area (Å²) in [6.45, 7) is 14.7. The molecular weight excluding hydrogens is 252 g/mol. The maximum atomic E-state index is 5.90. The summed E-state index contributed by atoms with van der Waals surface area (Å²) in [5.41, 5.74) is -0.934. The van der Waals surface area contributed by atoms with E-state index in [4.69, 9.17) is 18.6 Å². The third-order valence-electron chi connectivity index (χ3n) is 2.02. The minimum Gasteiger partial charge on any atom is -0.549 e. The first-order valence-electron chi connectivity index (χ1n) is 6.30. The van der Waals surface area contributed by atoms with Crippen LogP contribution in [0, 0.1) is 0 Å². The Bertz CT molecular complexity index is 223. The van der Waals surface area contributed by atoms with Gasteiger partial charge in [-0.15, -0.1) is 0 Å². The molecule has 6 heteroatoms. The first kappa shape index (κ1) is 17.1. The zero-order chi connectivity index (χ0) is 13.3. The summed E-state index contributed by atoms with van der Waals surface area (Å²) in [7, 11) is -1.92. The Morgan fingerprint density at radius 3 is 1.41 bits per heavy atom. The third kappa shape index (κ3) is 5.09. The van der Waals surface area contributed by atoms with Crippen LogP contribution in [-0.4, -0.2) is 48.0 Å². The Balaban J connectivity index is 5.26. The summed E-state index contributed by atoms with van der Waals surface area (Å²) in [6.07, 6.45) is 0. The average molecular weight is 278 g/mol. The van der Waals surface area contributed by atoms with E-state index in [2.05, 4.69) is 13.1 Å². The zero-order valence-electron chi connectivity index (χ0n) is 12.0. The van der Waals surface area contributed by atoms with E-state index in [9.17, 15) is 0 Å². The second-order valence-electron chi connectivity index (χ2n) is 3.62. The van der Waals surface area contributed by atoms with E-state index < -0.39 is 21.6 Å². The molecule has 17 heavy (non-hydrogen) atoms. The fourth-order valence-corrected chi connectivity index (χ4v) is 7.55. The van der Waals surface area contributed by atoms with Gasteiger partial charge in [-0.1, -0.05) is 13.1 Å². The van der Waals surface area contributed by atoms with Crippen LogP contribution in [0.2, 0.25) is 13.1 Å². The van der Waals surface area contributed by atoms with Crippen LogP contribution in [0.15, 0.2) is 0 Å². The molecule has 0 amide bonds. The molecule has 0 saturated heterocycles. The minimum absolute atomic E-state index is 0.566. The van der Waals surface area contributed by atoms with Crippen molar-refractivity contribution in [2.45, 2.75) is 46.4 Å². The quantitative estimate of drug-likeness (QED) is 0.478. The van der Waals surface area contributed by atoms with Crippen molar-refractivity contribution in [3.63, 3.8) is 0 Å². The summed E-state index contributed by atoms with van der Waals surface area (Å²) in [5, 5.41) is 0. The highest BCUT2D eigenvalue weighted by atomic mass is 28.9. The van der Waals surface area contributed by atoms with Gasteiger partial charge in [-0.05, 0) is 27.7 Å². The lowest BCUT2D eigenvalue weighted by Gasteiger charge is -2.34. The van der Waals surface area contributed by atoms with Crippen LogP contribution in [-0.2, 0) is 18.6 Å². The molecule has 0 radical (unpaired) electrons. The molecule has 0 aromatic carbocycles. The lowest BCUT2D eigenvalue weighted by Crippen LogP contribution is -2.53. The Kier molecular flexibility index (Phi) is 9.16. The summed E-state index contributed by atoms with van der Waals surface area (Å²) >= 11 is 0. The zero-order valence-corrected chi connectivity index (χ0v) is 14.0. The van der Waals surface area contributed by atoms with E-state index in [0.29, 0.717) is 26.4 Å². The molecule has 0 heterocycles. The van der Waals surface area contributed by atoms with Gasteiger partial charge >= 0.3 is 13.7 Å². The SMILES string of the molecule is CCO[Si](=[Si](C)C)C(OCC)(OCC)OCC. The molecule has 0 aliphatic rings. The van der Waals surface area contributed by atoms with Crippen LogP contribution in [0.3, 0.4) is 0 Å². The molecule has 0 unspecified atom stereocenters. The lowest BCUT2D eigenvalue weighted by molar-refractivity contribution is -0.328. The second kappa shape index (κ2) is 9.10. The first-order valence-corrected chi connectivity index (χ1v) is 11.2. The van der Waals surface area contributed by atoms with Crippen LogP contribution < -0.4 is 0 Å². The fraction of sp³-hybridized carbons (Fsp3) is 1.00. The van der Waals surface area contributed by atoms with Gasteiger partial charge in [0, 0.05) is 27.7 Å². The Morgan fingerprint density at radius 1 is 0.765 bits per heavy atom. The van der Waals surface area contributed by atoms with Gasteiger partial charge in [-0.3, -0.25) is 0 Å². The molecule has 0 atom stereocenters. The van der Waals surface area contributed by atoms with Crippen LogP contribution in [0.25, 0.3) is 0 Å². The highest BCUT2D eigenvalue weighted by molar-refractivity contribution is 6.93. The van der Waals surface area contributed by atoms with E-state index in [1.54, 1.807) is 0 Å². The summed E-state index contributed by atoms with van der Waals surface area (Å²) in [6, 6.07) is 0. The maximum Gasteiger partial charge on any atom is 0.313 e. The molecule has 0 aliphatic heterocycles. The van der Waals surface area contributed by atoms with Gasteiger partial charge in [0.15, 0.2) is 0 Å². The van der Waals surface area contributed by atoms with Gasteiger partial charge in [0.2, 0.25) is 0 Å². The van der Waals surface area contributed by atoms with E-state index in [1.807, 2.05) is 27.7 Å². The molecule has 0 aromatic rings. The molecule has 0 aromatic heterocycles. The topological polar surface area (TPSA) is 36.9 Å². The van der Waals surface area contributed by atoms with Crippen LogP contribution in [0.1, 0.15) is 27.7 Å². The van der Waals surface area contributed by atoms with Crippen molar-refractivity contribution >= 4 is 16.0 Å². The summed E-state index contributed by atoms with van der Waals surface area (Å²) < 4.78 is 23.3. The van der Waals surface area contributed by atoms with Crippen molar-refractivity contribution < 1.29 is 18.6 Å². The molecule has 102 valence electrons. The normalized spacial score (nSPS) is 11.4. The fourth-order valence-electron chi connectivity index (χ4n) is 1.57. The number of rotatable bonds is 9. The molecule has 0 aliphatic carbocycles. The molecule has 0 bridgehead atoms. The summed E-state index contributed by atoms with van der Waals surface area (Å²) in [5.74, 6) is 0. The molecule has 0 saturated carbocycles. The second-order valence-corrected chi connectivity index (χ2v) is 11.5. The number of hydrogen-bond donors (Lipinski definition) is 0. The van der Waals surface area contributed by atoms with Gasteiger partial charge in [0.25, 0.3) is 0 Å². The van der Waals surface area contributed by atoms with Crippen LogP contribution >= 0.6 is 0 Å². The van der Waals surface area contributed by atoms with Crippen molar-refractivity contribution in [1.82, 2.24) is 0 Å². The van der Waals surface area contributed by atoms with Crippen molar-refractivity contribution in [2.75, 3.05) is 26.4 Å². The van der Waals surface area contributed by atoms with E-state index in [0.717, 1.165) is 0 Å². The van der Waals surface area contributed by atoms with Crippen LogP contribution in [0.5, 0.6) is 0 Å². The largest absolute Gasteiger partial charge is 0.549 e. The molecular formula is C11H26O4Si2. The maximum absolute atomic E-state index is 5.90. The van der Waals surface area contributed by atoms with Crippen molar-refractivity contribution in [2.24, 2.45) is 0 Å². The van der Waals surface area contributed by atoms with Gasteiger partial charge in [0.1, 0.15) is 0 Å². The monoisotopic (exact) mass is 278 g/mol. The Labute approximate surface area is 108 Å². The number of ether oxygens (including phenoxy) is 3. The van der Waals surface area contributed by atoms with Crippen LogP contribution in [0.4, 0.5) is 0 Å². The molecule has 0 fully saturated rings. The van der Waals surface area contributed by atoms with Gasteiger partial charge in [0.05, 0.1) is 6.61 Å². The third-order valence-corrected chi connectivity index (χ3v) is 8.58. The molecule has 0 rings (SSSR count). The summed E-state index contributed by atoms with van der Waals surface area (Å²) in [4.78, 5) is 0. The average Bonchev–Trinajstić information content (AvgIpc) is 2.26. The highest BCUT2D eigenvalue weighted by Crippen LogP contribution is 2.18. The lowest BCUT2D eigenvalue weighted by atomic mass is 10.8. The van der Waals surface area contributed by atoms with E-state index in [-0.39, 0.29) is 0 Å².